The Hall–Kier alpha value is -1.00. The monoisotopic (exact) mass is 253 g/mol. The summed E-state index contributed by atoms with van der Waals surface area (Å²) in [7, 11) is 0. The summed E-state index contributed by atoms with van der Waals surface area (Å²) in [5, 5.41) is 0. The molecule has 1 rings (SSSR count). The first-order valence-corrected chi connectivity index (χ1v) is 6.79. The highest BCUT2D eigenvalue weighted by molar-refractivity contribution is 5.11. The number of halogens is 1. The van der Waals surface area contributed by atoms with Gasteiger partial charge in [-0.3, -0.25) is 16.3 Å². The van der Waals surface area contributed by atoms with Gasteiger partial charge in [0.2, 0.25) is 0 Å². The van der Waals surface area contributed by atoms with Crippen molar-refractivity contribution in [2.24, 2.45) is 11.8 Å². The van der Waals surface area contributed by atoms with E-state index in [0.29, 0.717) is 11.6 Å². The van der Waals surface area contributed by atoms with Crippen molar-refractivity contribution < 1.29 is 4.39 Å². The number of unbranched alkanes of at least 4 members (excludes halogenated alkanes) is 1. The van der Waals surface area contributed by atoms with Gasteiger partial charge in [0.05, 0.1) is 11.7 Å². The molecule has 18 heavy (non-hydrogen) atoms. The molecule has 4 heteroatoms. The van der Waals surface area contributed by atoms with E-state index < -0.39 is 0 Å². The molecule has 0 radical (unpaired) electrons. The van der Waals surface area contributed by atoms with Crippen molar-refractivity contribution in [1.82, 2.24) is 10.4 Å². The minimum atomic E-state index is -0.286. The number of pyridine rings is 1. The first kappa shape index (κ1) is 15.1. The predicted octanol–water partition coefficient (Wildman–Crippen LogP) is 3.33. The molecule has 0 saturated heterocycles. The van der Waals surface area contributed by atoms with Crippen LogP contribution in [0, 0.1) is 11.7 Å². The smallest absolute Gasteiger partial charge is 0.146 e. The van der Waals surface area contributed by atoms with E-state index in [1.54, 1.807) is 12.3 Å². The molecule has 0 aliphatic rings. The van der Waals surface area contributed by atoms with Gasteiger partial charge in [0.15, 0.2) is 0 Å². The molecule has 2 unspecified atom stereocenters. The highest BCUT2D eigenvalue weighted by Gasteiger charge is 2.19. The van der Waals surface area contributed by atoms with Gasteiger partial charge in [-0.05, 0) is 24.5 Å². The summed E-state index contributed by atoms with van der Waals surface area (Å²) in [6.07, 6.45) is 7.10. The van der Waals surface area contributed by atoms with Crippen molar-refractivity contribution in [3.63, 3.8) is 0 Å². The Bertz CT molecular complexity index is 344. The number of hydrogen-bond acceptors (Lipinski definition) is 3. The van der Waals surface area contributed by atoms with Gasteiger partial charge in [-0.1, -0.05) is 39.5 Å². The molecule has 102 valence electrons. The van der Waals surface area contributed by atoms with Crippen LogP contribution in [-0.4, -0.2) is 4.98 Å². The molecule has 1 aromatic rings. The molecule has 2 atom stereocenters. The minimum Gasteiger partial charge on any atom is -0.271 e. The van der Waals surface area contributed by atoms with E-state index in [-0.39, 0.29) is 11.9 Å². The van der Waals surface area contributed by atoms with Crippen molar-refractivity contribution in [3.05, 3.63) is 29.8 Å². The number of nitrogens with two attached hydrogens (primary N) is 1. The fraction of sp³-hybridized carbons (Fsp3) is 0.643. The van der Waals surface area contributed by atoms with Gasteiger partial charge in [0, 0.05) is 6.20 Å². The third kappa shape index (κ3) is 4.35. The second-order valence-corrected chi connectivity index (χ2v) is 4.74. The summed E-state index contributed by atoms with van der Waals surface area (Å²) in [6, 6.07) is 2.83. The molecule has 0 aromatic carbocycles. The van der Waals surface area contributed by atoms with Crippen molar-refractivity contribution in [3.8, 4) is 0 Å². The molecule has 0 aliphatic heterocycles. The van der Waals surface area contributed by atoms with Gasteiger partial charge in [0.1, 0.15) is 5.82 Å². The Labute approximate surface area is 109 Å². The number of aromatic nitrogens is 1. The Morgan fingerprint density at radius 1 is 1.44 bits per heavy atom. The maximum absolute atomic E-state index is 13.7. The fourth-order valence-corrected chi connectivity index (χ4v) is 2.23. The van der Waals surface area contributed by atoms with Crippen LogP contribution in [0.5, 0.6) is 0 Å². The van der Waals surface area contributed by atoms with Crippen molar-refractivity contribution in [2.75, 3.05) is 0 Å². The summed E-state index contributed by atoms with van der Waals surface area (Å²) in [5.74, 6) is 5.82. The Balaban J connectivity index is 2.68. The molecular weight excluding hydrogens is 229 g/mol. The Kier molecular flexibility index (Phi) is 6.83. The average molecular weight is 253 g/mol. The van der Waals surface area contributed by atoms with Crippen LogP contribution in [0.25, 0.3) is 0 Å². The number of rotatable bonds is 8. The van der Waals surface area contributed by atoms with Crippen LogP contribution < -0.4 is 11.3 Å². The second kappa shape index (κ2) is 8.16. The van der Waals surface area contributed by atoms with Gasteiger partial charge in [-0.15, -0.1) is 0 Å². The van der Waals surface area contributed by atoms with Gasteiger partial charge < -0.3 is 0 Å². The number of hydrogen-bond donors (Lipinski definition) is 2. The van der Waals surface area contributed by atoms with Crippen molar-refractivity contribution in [2.45, 2.75) is 52.0 Å². The highest BCUT2D eigenvalue weighted by Crippen LogP contribution is 2.26. The van der Waals surface area contributed by atoms with E-state index in [2.05, 4.69) is 24.3 Å². The first-order chi connectivity index (χ1) is 8.72. The van der Waals surface area contributed by atoms with Crippen LogP contribution in [0.1, 0.15) is 57.7 Å². The van der Waals surface area contributed by atoms with E-state index in [4.69, 9.17) is 5.84 Å². The Morgan fingerprint density at radius 2 is 2.22 bits per heavy atom. The molecule has 3 nitrogen and oxygen atoms in total. The summed E-state index contributed by atoms with van der Waals surface area (Å²) < 4.78 is 13.7. The Morgan fingerprint density at radius 3 is 2.78 bits per heavy atom. The molecule has 3 N–H and O–H groups in total. The summed E-state index contributed by atoms with van der Waals surface area (Å²) in [5.41, 5.74) is 3.12. The summed E-state index contributed by atoms with van der Waals surface area (Å²) in [6.45, 7) is 4.35. The quantitative estimate of drug-likeness (QED) is 0.552. The molecular formula is C14H24FN3. The van der Waals surface area contributed by atoms with Gasteiger partial charge >= 0.3 is 0 Å². The fourth-order valence-electron chi connectivity index (χ4n) is 2.23. The molecule has 1 aromatic heterocycles. The van der Waals surface area contributed by atoms with E-state index in [9.17, 15) is 4.39 Å². The predicted molar refractivity (Wildman–Crippen MR) is 72.2 cm³/mol. The summed E-state index contributed by atoms with van der Waals surface area (Å²) >= 11 is 0. The average Bonchev–Trinajstić information content (AvgIpc) is 2.40. The zero-order chi connectivity index (χ0) is 13.4. The maximum Gasteiger partial charge on any atom is 0.146 e. The largest absolute Gasteiger partial charge is 0.271 e. The minimum absolute atomic E-state index is 0.201. The molecule has 0 aliphatic carbocycles. The van der Waals surface area contributed by atoms with E-state index >= 15 is 0 Å². The van der Waals surface area contributed by atoms with Crippen LogP contribution in [0.3, 0.4) is 0 Å². The van der Waals surface area contributed by atoms with E-state index in [0.717, 1.165) is 12.8 Å². The lowest BCUT2D eigenvalue weighted by molar-refractivity contribution is 0.345. The lowest BCUT2D eigenvalue weighted by Crippen LogP contribution is -2.31. The topological polar surface area (TPSA) is 50.9 Å². The third-order valence-corrected chi connectivity index (χ3v) is 3.43. The second-order valence-electron chi connectivity index (χ2n) is 4.74. The number of nitrogens with zero attached hydrogens (tertiary/aromatic N) is 1. The van der Waals surface area contributed by atoms with Gasteiger partial charge in [0.25, 0.3) is 0 Å². The van der Waals surface area contributed by atoms with E-state index in [1.807, 2.05) is 0 Å². The van der Waals surface area contributed by atoms with E-state index in [1.165, 1.54) is 25.3 Å². The molecule has 0 bridgehead atoms. The third-order valence-electron chi connectivity index (χ3n) is 3.43. The van der Waals surface area contributed by atoms with Crippen LogP contribution in [0.15, 0.2) is 18.3 Å². The van der Waals surface area contributed by atoms with Crippen molar-refractivity contribution in [1.29, 1.82) is 0 Å². The summed E-state index contributed by atoms with van der Waals surface area (Å²) in [4.78, 5) is 4.10. The van der Waals surface area contributed by atoms with Crippen LogP contribution in [0.4, 0.5) is 4.39 Å². The molecule has 1 heterocycles. The first-order valence-electron chi connectivity index (χ1n) is 6.79. The van der Waals surface area contributed by atoms with Crippen molar-refractivity contribution >= 4 is 0 Å². The lowest BCUT2D eigenvalue weighted by Gasteiger charge is -2.22. The molecule has 0 spiro atoms. The molecule has 0 saturated carbocycles. The zero-order valence-corrected chi connectivity index (χ0v) is 11.3. The SMILES string of the molecule is CCCCC(CC)CC(NN)c1ncccc1F. The molecule has 0 fully saturated rings. The standard InChI is InChI=1S/C14H24FN3/c1-3-5-7-11(4-2)10-13(18-16)14-12(15)8-6-9-17-14/h6,8-9,11,13,18H,3-5,7,10,16H2,1-2H3. The number of nitrogens with one attached hydrogen (secondary N) is 1. The van der Waals surface area contributed by atoms with Gasteiger partial charge in [-0.25, -0.2) is 4.39 Å². The number of hydrazine groups is 1. The van der Waals surface area contributed by atoms with Crippen LogP contribution >= 0.6 is 0 Å². The lowest BCUT2D eigenvalue weighted by atomic mass is 9.91. The maximum atomic E-state index is 13.7. The highest BCUT2D eigenvalue weighted by atomic mass is 19.1. The van der Waals surface area contributed by atoms with Crippen LogP contribution in [-0.2, 0) is 0 Å². The molecule has 0 amide bonds. The zero-order valence-electron chi connectivity index (χ0n) is 11.3. The van der Waals surface area contributed by atoms with Gasteiger partial charge in [-0.2, -0.15) is 0 Å². The normalized spacial score (nSPS) is 14.4. The van der Waals surface area contributed by atoms with Crippen LogP contribution in [0.2, 0.25) is 0 Å².